The number of nitrogens with one attached hydrogen (secondary N) is 1. The second kappa shape index (κ2) is 7.23. The van der Waals surface area contributed by atoms with Crippen LogP contribution in [0.5, 0.6) is 0 Å². The summed E-state index contributed by atoms with van der Waals surface area (Å²) in [5.41, 5.74) is 2.12. The van der Waals surface area contributed by atoms with E-state index < -0.39 is 0 Å². The highest BCUT2D eigenvalue weighted by Gasteiger charge is 2.18. The molecule has 0 aliphatic carbocycles. The first-order valence-corrected chi connectivity index (χ1v) is 7.86. The second-order valence-corrected chi connectivity index (χ2v) is 6.47. The molecular weight excluding hydrogens is 265 g/mol. The standard InChI is InChI=1S/C17H28FN3/c1-13(19-12-14-7-9-21(4)10-8-14)16-6-5-15(18)11-17(16)20(2)3/h5-6,11,13-14,19H,7-10,12H2,1-4H3/t13-/m1/s1. The number of piperidine rings is 1. The number of anilines is 1. The number of benzene rings is 1. The number of rotatable bonds is 5. The van der Waals surface area contributed by atoms with Crippen molar-refractivity contribution in [1.29, 1.82) is 0 Å². The average molecular weight is 293 g/mol. The van der Waals surface area contributed by atoms with Crippen molar-refractivity contribution in [3.05, 3.63) is 29.6 Å². The van der Waals surface area contributed by atoms with Gasteiger partial charge >= 0.3 is 0 Å². The van der Waals surface area contributed by atoms with Crippen molar-refractivity contribution in [1.82, 2.24) is 10.2 Å². The van der Waals surface area contributed by atoms with Crippen molar-refractivity contribution in [2.24, 2.45) is 5.92 Å². The molecule has 0 unspecified atom stereocenters. The van der Waals surface area contributed by atoms with Crippen LogP contribution in [-0.2, 0) is 0 Å². The number of hydrogen-bond donors (Lipinski definition) is 1. The highest BCUT2D eigenvalue weighted by molar-refractivity contribution is 5.54. The minimum absolute atomic E-state index is 0.176. The van der Waals surface area contributed by atoms with Gasteiger partial charge in [-0.1, -0.05) is 6.07 Å². The van der Waals surface area contributed by atoms with Gasteiger partial charge in [0.15, 0.2) is 0 Å². The van der Waals surface area contributed by atoms with E-state index in [0.717, 1.165) is 23.7 Å². The number of likely N-dealkylation sites (tertiary alicyclic amines) is 1. The Hall–Kier alpha value is -1.13. The molecule has 0 bridgehead atoms. The molecule has 1 N–H and O–H groups in total. The first-order chi connectivity index (χ1) is 9.97. The zero-order valence-electron chi connectivity index (χ0n) is 13.7. The first-order valence-electron chi connectivity index (χ1n) is 7.86. The van der Waals surface area contributed by atoms with Gasteiger partial charge in [-0.25, -0.2) is 4.39 Å². The maximum atomic E-state index is 13.4. The molecule has 2 rings (SSSR count). The lowest BCUT2D eigenvalue weighted by molar-refractivity contribution is 0.213. The van der Waals surface area contributed by atoms with Gasteiger partial charge < -0.3 is 15.1 Å². The van der Waals surface area contributed by atoms with Crippen molar-refractivity contribution in [2.45, 2.75) is 25.8 Å². The Bertz CT molecular complexity index is 453. The highest BCUT2D eigenvalue weighted by atomic mass is 19.1. The van der Waals surface area contributed by atoms with E-state index in [-0.39, 0.29) is 11.9 Å². The van der Waals surface area contributed by atoms with Crippen LogP contribution in [-0.4, -0.2) is 45.7 Å². The molecule has 1 aromatic rings. The van der Waals surface area contributed by atoms with Gasteiger partial charge in [0.25, 0.3) is 0 Å². The molecule has 1 aliphatic heterocycles. The molecule has 1 atom stereocenters. The Labute approximate surface area is 128 Å². The molecule has 1 saturated heterocycles. The highest BCUT2D eigenvalue weighted by Crippen LogP contribution is 2.26. The minimum Gasteiger partial charge on any atom is -0.377 e. The van der Waals surface area contributed by atoms with E-state index in [2.05, 4.69) is 24.2 Å². The van der Waals surface area contributed by atoms with Crippen molar-refractivity contribution in [3.63, 3.8) is 0 Å². The van der Waals surface area contributed by atoms with Gasteiger partial charge in [0.1, 0.15) is 5.82 Å². The molecule has 1 aliphatic rings. The van der Waals surface area contributed by atoms with Crippen molar-refractivity contribution in [2.75, 3.05) is 45.7 Å². The average Bonchev–Trinajstić information content (AvgIpc) is 2.46. The molecule has 3 nitrogen and oxygen atoms in total. The topological polar surface area (TPSA) is 18.5 Å². The van der Waals surface area contributed by atoms with Crippen LogP contribution in [0.4, 0.5) is 10.1 Å². The lowest BCUT2D eigenvalue weighted by Crippen LogP contribution is -2.35. The van der Waals surface area contributed by atoms with Gasteiger partial charge in [-0.3, -0.25) is 0 Å². The van der Waals surface area contributed by atoms with Crippen LogP contribution in [0.3, 0.4) is 0 Å². The van der Waals surface area contributed by atoms with E-state index >= 15 is 0 Å². The Morgan fingerprint density at radius 2 is 2.00 bits per heavy atom. The molecule has 0 amide bonds. The van der Waals surface area contributed by atoms with Crippen LogP contribution in [0, 0.1) is 11.7 Å². The largest absolute Gasteiger partial charge is 0.377 e. The maximum absolute atomic E-state index is 13.4. The molecule has 0 radical (unpaired) electrons. The molecule has 1 fully saturated rings. The van der Waals surface area contributed by atoms with Gasteiger partial charge in [-0.2, -0.15) is 0 Å². The van der Waals surface area contributed by atoms with Gasteiger partial charge in [-0.15, -0.1) is 0 Å². The lowest BCUT2D eigenvalue weighted by atomic mass is 9.96. The minimum atomic E-state index is -0.176. The smallest absolute Gasteiger partial charge is 0.125 e. The summed E-state index contributed by atoms with van der Waals surface area (Å²) in [4.78, 5) is 4.37. The Morgan fingerprint density at radius 1 is 1.33 bits per heavy atom. The van der Waals surface area contributed by atoms with Crippen LogP contribution >= 0.6 is 0 Å². The Kier molecular flexibility index (Phi) is 5.59. The Balaban J connectivity index is 1.95. The van der Waals surface area contributed by atoms with Gasteiger partial charge in [0.2, 0.25) is 0 Å². The number of nitrogens with zero attached hydrogens (tertiary/aromatic N) is 2. The summed E-state index contributed by atoms with van der Waals surface area (Å²) in [6, 6.07) is 5.30. The maximum Gasteiger partial charge on any atom is 0.125 e. The second-order valence-electron chi connectivity index (χ2n) is 6.47. The van der Waals surface area contributed by atoms with E-state index in [1.807, 2.05) is 25.1 Å². The molecule has 0 spiro atoms. The van der Waals surface area contributed by atoms with Crippen LogP contribution in [0.2, 0.25) is 0 Å². The summed E-state index contributed by atoms with van der Waals surface area (Å²) in [5, 5.41) is 3.63. The number of hydrogen-bond acceptors (Lipinski definition) is 3. The fraction of sp³-hybridized carbons (Fsp3) is 0.647. The van der Waals surface area contributed by atoms with Crippen LogP contribution < -0.4 is 10.2 Å². The fourth-order valence-corrected chi connectivity index (χ4v) is 2.99. The summed E-state index contributed by atoms with van der Waals surface area (Å²) in [7, 11) is 6.11. The lowest BCUT2D eigenvalue weighted by Gasteiger charge is -2.30. The fourth-order valence-electron chi connectivity index (χ4n) is 2.99. The summed E-state index contributed by atoms with van der Waals surface area (Å²) in [6.45, 7) is 5.59. The third-order valence-electron chi connectivity index (χ3n) is 4.49. The summed E-state index contributed by atoms with van der Waals surface area (Å²) in [6.07, 6.45) is 2.53. The predicted molar refractivity (Wildman–Crippen MR) is 87.4 cm³/mol. The van der Waals surface area contributed by atoms with E-state index in [9.17, 15) is 4.39 Å². The third-order valence-corrected chi connectivity index (χ3v) is 4.49. The van der Waals surface area contributed by atoms with Crippen LogP contribution in [0.1, 0.15) is 31.4 Å². The quantitative estimate of drug-likeness (QED) is 0.900. The van der Waals surface area contributed by atoms with E-state index in [0.29, 0.717) is 0 Å². The zero-order chi connectivity index (χ0) is 15.4. The number of halogens is 1. The first kappa shape index (κ1) is 16.2. The molecule has 21 heavy (non-hydrogen) atoms. The van der Waals surface area contributed by atoms with Gasteiger partial charge in [0, 0.05) is 25.8 Å². The van der Waals surface area contributed by atoms with Crippen molar-refractivity contribution >= 4 is 5.69 Å². The molecule has 1 heterocycles. The summed E-state index contributed by atoms with van der Waals surface area (Å²) in [5.74, 6) is 0.580. The van der Waals surface area contributed by atoms with Crippen molar-refractivity contribution in [3.8, 4) is 0 Å². The van der Waals surface area contributed by atoms with Crippen molar-refractivity contribution < 1.29 is 4.39 Å². The van der Waals surface area contributed by atoms with E-state index in [1.165, 1.54) is 25.9 Å². The molecule has 0 aromatic heterocycles. The van der Waals surface area contributed by atoms with Crippen LogP contribution in [0.25, 0.3) is 0 Å². The van der Waals surface area contributed by atoms with Gasteiger partial charge in [0.05, 0.1) is 0 Å². The summed E-state index contributed by atoms with van der Waals surface area (Å²) >= 11 is 0. The molecule has 118 valence electrons. The monoisotopic (exact) mass is 293 g/mol. The normalized spacial score (nSPS) is 18.7. The molecular formula is C17H28FN3. The summed E-state index contributed by atoms with van der Waals surface area (Å²) < 4.78 is 13.4. The molecule has 0 saturated carbocycles. The van der Waals surface area contributed by atoms with Crippen LogP contribution in [0.15, 0.2) is 18.2 Å². The molecule has 1 aromatic carbocycles. The third kappa shape index (κ3) is 4.42. The Morgan fingerprint density at radius 3 is 2.62 bits per heavy atom. The van der Waals surface area contributed by atoms with Gasteiger partial charge in [-0.05, 0) is 70.1 Å². The predicted octanol–water partition coefficient (Wildman–Crippen LogP) is 2.88. The zero-order valence-corrected chi connectivity index (χ0v) is 13.7. The SMILES string of the molecule is C[C@@H](NCC1CCN(C)CC1)c1ccc(F)cc1N(C)C. The molecule has 4 heteroatoms. The van der Waals surface area contributed by atoms with E-state index in [4.69, 9.17) is 0 Å². The van der Waals surface area contributed by atoms with E-state index in [1.54, 1.807) is 12.1 Å².